The van der Waals surface area contributed by atoms with Gasteiger partial charge in [-0.2, -0.15) is 0 Å². The molecule has 0 N–H and O–H groups in total. The van der Waals surface area contributed by atoms with Gasteiger partial charge < -0.3 is 4.74 Å². The quantitative estimate of drug-likeness (QED) is 0.763. The standard InChI is InChI=1S/C16H14Cl2O2/c1-20-14-4-2-3-11(9-14)10-15(16(18)19)12-5-7-13(17)8-6-12/h2-9,15H,10H2,1H3. The molecule has 0 radical (unpaired) electrons. The maximum Gasteiger partial charge on any atom is 0.229 e. The lowest BCUT2D eigenvalue weighted by atomic mass is 9.93. The molecule has 0 bridgehead atoms. The van der Waals surface area contributed by atoms with Gasteiger partial charge in [0, 0.05) is 5.02 Å². The number of rotatable bonds is 5. The van der Waals surface area contributed by atoms with E-state index in [-0.39, 0.29) is 11.2 Å². The van der Waals surface area contributed by atoms with E-state index in [1.54, 1.807) is 19.2 Å². The molecule has 0 aromatic heterocycles. The van der Waals surface area contributed by atoms with Gasteiger partial charge in [0.1, 0.15) is 5.75 Å². The SMILES string of the molecule is COc1cccc(CC(C(=O)Cl)c2ccc(Cl)cc2)c1. The van der Waals surface area contributed by atoms with Crippen molar-refractivity contribution in [2.45, 2.75) is 12.3 Å². The number of carbonyl (C=O) groups excluding carboxylic acids is 1. The number of hydrogen-bond acceptors (Lipinski definition) is 2. The van der Waals surface area contributed by atoms with Gasteiger partial charge in [-0.1, -0.05) is 35.9 Å². The van der Waals surface area contributed by atoms with Gasteiger partial charge in [-0.15, -0.1) is 0 Å². The largest absolute Gasteiger partial charge is 0.497 e. The highest BCUT2D eigenvalue weighted by Gasteiger charge is 2.19. The van der Waals surface area contributed by atoms with E-state index >= 15 is 0 Å². The van der Waals surface area contributed by atoms with E-state index in [1.807, 2.05) is 36.4 Å². The van der Waals surface area contributed by atoms with Crippen molar-refractivity contribution in [2.24, 2.45) is 0 Å². The first-order valence-electron chi connectivity index (χ1n) is 6.18. The average molecular weight is 309 g/mol. The molecule has 20 heavy (non-hydrogen) atoms. The Morgan fingerprint density at radius 1 is 1.20 bits per heavy atom. The molecule has 0 saturated heterocycles. The summed E-state index contributed by atoms with van der Waals surface area (Å²) in [6.07, 6.45) is 0.529. The van der Waals surface area contributed by atoms with Crippen LogP contribution in [-0.2, 0) is 11.2 Å². The van der Waals surface area contributed by atoms with Crippen LogP contribution in [0.1, 0.15) is 17.0 Å². The Balaban J connectivity index is 2.25. The number of hydrogen-bond donors (Lipinski definition) is 0. The zero-order valence-corrected chi connectivity index (χ0v) is 12.5. The zero-order chi connectivity index (χ0) is 14.5. The first kappa shape index (κ1) is 14.9. The maximum atomic E-state index is 11.7. The van der Waals surface area contributed by atoms with E-state index in [2.05, 4.69) is 0 Å². The Hall–Kier alpha value is -1.51. The van der Waals surface area contributed by atoms with Gasteiger partial charge in [0.25, 0.3) is 0 Å². The normalized spacial score (nSPS) is 11.9. The van der Waals surface area contributed by atoms with Crippen molar-refractivity contribution in [1.82, 2.24) is 0 Å². The summed E-state index contributed by atoms with van der Waals surface area (Å²) in [4.78, 5) is 11.7. The predicted molar refractivity (Wildman–Crippen MR) is 81.8 cm³/mol. The van der Waals surface area contributed by atoms with Crippen molar-refractivity contribution in [3.8, 4) is 5.75 Å². The molecule has 4 heteroatoms. The highest BCUT2D eigenvalue weighted by atomic mass is 35.5. The van der Waals surface area contributed by atoms with Gasteiger partial charge in [-0.05, 0) is 53.4 Å². The second-order valence-electron chi connectivity index (χ2n) is 4.46. The summed E-state index contributed by atoms with van der Waals surface area (Å²) in [5.41, 5.74) is 1.86. The van der Waals surface area contributed by atoms with Crippen molar-refractivity contribution in [3.63, 3.8) is 0 Å². The fourth-order valence-corrected chi connectivity index (χ4v) is 2.39. The lowest BCUT2D eigenvalue weighted by Crippen LogP contribution is -2.10. The number of halogens is 2. The minimum atomic E-state index is -0.388. The number of ether oxygens (including phenoxy) is 1. The molecule has 2 nitrogen and oxygen atoms in total. The molecule has 1 unspecified atom stereocenters. The fourth-order valence-electron chi connectivity index (χ4n) is 2.06. The molecule has 0 saturated carbocycles. The molecule has 0 aliphatic rings. The summed E-state index contributed by atoms with van der Waals surface area (Å²) in [5, 5.41) is 0.256. The van der Waals surface area contributed by atoms with Gasteiger partial charge in [-0.3, -0.25) is 4.79 Å². The van der Waals surface area contributed by atoms with E-state index in [9.17, 15) is 4.79 Å². The maximum absolute atomic E-state index is 11.7. The number of benzene rings is 2. The average Bonchev–Trinajstić information content (AvgIpc) is 2.46. The highest BCUT2D eigenvalue weighted by molar-refractivity contribution is 6.64. The van der Waals surface area contributed by atoms with E-state index < -0.39 is 0 Å². The van der Waals surface area contributed by atoms with Crippen molar-refractivity contribution < 1.29 is 9.53 Å². The minimum Gasteiger partial charge on any atom is -0.497 e. The number of carbonyl (C=O) groups is 1. The van der Waals surface area contributed by atoms with Crippen molar-refractivity contribution in [3.05, 3.63) is 64.7 Å². The first-order valence-corrected chi connectivity index (χ1v) is 6.93. The van der Waals surface area contributed by atoms with Crippen LogP contribution in [0.15, 0.2) is 48.5 Å². The Labute approximate surface area is 128 Å². The van der Waals surface area contributed by atoms with E-state index in [1.165, 1.54) is 0 Å². The van der Waals surface area contributed by atoms with Crippen LogP contribution in [0.4, 0.5) is 0 Å². The lowest BCUT2D eigenvalue weighted by Gasteiger charge is -2.14. The van der Waals surface area contributed by atoms with Crippen LogP contribution in [0.2, 0.25) is 5.02 Å². The summed E-state index contributed by atoms with van der Waals surface area (Å²) >= 11 is 11.6. The Morgan fingerprint density at radius 3 is 2.50 bits per heavy atom. The molecular weight excluding hydrogens is 295 g/mol. The van der Waals surface area contributed by atoms with Gasteiger partial charge in [0.15, 0.2) is 0 Å². The molecule has 0 aliphatic carbocycles. The summed E-state index contributed by atoms with van der Waals surface area (Å²) in [6.45, 7) is 0. The third-order valence-electron chi connectivity index (χ3n) is 3.12. The van der Waals surface area contributed by atoms with Crippen molar-refractivity contribution >= 4 is 28.4 Å². The monoisotopic (exact) mass is 308 g/mol. The van der Waals surface area contributed by atoms with E-state index in [4.69, 9.17) is 27.9 Å². The second kappa shape index (κ2) is 6.78. The molecule has 2 aromatic carbocycles. The molecular formula is C16H14Cl2O2. The van der Waals surface area contributed by atoms with Crippen molar-refractivity contribution in [1.29, 1.82) is 0 Å². The van der Waals surface area contributed by atoms with Crippen LogP contribution >= 0.6 is 23.2 Å². The van der Waals surface area contributed by atoms with E-state index in [0.717, 1.165) is 16.9 Å². The van der Waals surface area contributed by atoms with Crippen LogP contribution in [0.5, 0.6) is 5.75 Å². The van der Waals surface area contributed by atoms with Crippen LogP contribution in [0, 0.1) is 0 Å². The van der Waals surface area contributed by atoms with Gasteiger partial charge in [-0.25, -0.2) is 0 Å². The van der Waals surface area contributed by atoms with Gasteiger partial charge >= 0.3 is 0 Å². The minimum absolute atomic E-state index is 0.379. The van der Waals surface area contributed by atoms with Crippen LogP contribution in [0.25, 0.3) is 0 Å². The van der Waals surface area contributed by atoms with Gasteiger partial charge in [0.05, 0.1) is 13.0 Å². The molecule has 0 aliphatic heterocycles. The number of methoxy groups -OCH3 is 1. The highest BCUT2D eigenvalue weighted by Crippen LogP contribution is 2.26. The van der Waals surface area contributed by atoms with Crippen LogP contribution in [-0.4, -0.2) is 12.4 Å². The summed E-state index contributed by atoms with van der Waals surface area (Å²) in [5.74, 6) is 0.375. The molecule has 0 heterocycles. The second-order valence-corrected chi connectivity index (χ2v) is 5.27. The third-order valence-corrected chi connectivity index (χ3v) is 3.64. The lowest BCUT2D eigenvalue weighted by molar-refractivity contribution is -0.113. The first-order chi connectivity index (χ1) is 9.60. The molecule has 1 atom stereocenters. The van der Waals surface area contributed by atoms with Crippen LogP contribution in [0.3, 0.4) is 0 Å². The smallest absolute Gasteiger partial charge is 0.229 e. The predicted octanol–water partition coefficient (Wildman–Crippen LogP) is 4.44. The van der Waals surface area contributed by atoms with Crippen LogP contribution < -0.4 is 4.74 Å². The Morgan fingerprint density at radius 2 is 1.90 bits per heavy atom. The third kappa shape index (κ3) is 3.75. The summed E-state index contributed by atoms with van der Waals surface area (Å²) in [7, 11) is 1.61. The molecule has 0 spiro atoms. The molecule has 104 valence electrons. The molecule has 2 rings (SSSR count). The topological polar surface area (TPSA) is 26.3 Å². The molecule has 2 aromatic rings. The Bertz CT molecular complexity index is 594. The molecule has 0 fully saturated rings. The summed E-state index contributed by atoms with van der Waals surface area (Å²) < 4.78 is 5.18. The van der Waals surface area contributed by atoms with Gasteiger partial charge in [0.2, 0.25) is 5.24 Å². The summed E-state index contributed by atoms with van der Waals surface area (Å²) in [6, 6.07) is 14.8. The fraction of sp³-hybridized carbons (Fsp3) is 0.188. The zero-order valence-electron chi connectivity index (χ0n) is 11.0. The van der Waals surface area contributed by atoms with E-state index in [0.29, 0.717) is 11.4 Å². The molecule has 0 amide bonds. The Kier molecular flexibility index (Phi) is 5.05. The van der Waals surface area contributed by atoms with Crippen molar-refractivity contribution in [2.75, 3.05) is 7.11 Å².